The van der Waals surface area contributed by atoms with E-state index in [-0.39, 0.29) is 0 Å². The van der Waals surface area contributed by atoms with E-state index in [0.717, 1.165) is 6.54 Å². The van der Waals surface area contributed by atoms with Crippen molar-refractivity contribution in [3.05, 3.63) is 65.2 Å². The van der Waals surface area contributed by atoms with Gasteiger partial charge in [-0.1, -0.05) is 47.5 Å². The minimum absolute atomic E-state index is 0.332. The minimum Gasteiger partial charge on any atom is -0.373 e. The number of nitrogens with one attached hydrogen (secondary N) is 1. The van der Waals surface area contributed by atoms with Crippen LogP contribution in [0.3, 0.4) is 0 Å². The van der Waals surface area contributed by atoms with Crippen molar-refractivity contribution in [1.29, 1.82) is 0 Å². The van der Waals surface area contributed by atoms with Gasteiger partial charge in [-0.25, -0.2) is 0 Å². The van der Waals surface area contributed by atoms with E-state index in [1.165, 1.54) is 22.4 Å². The quantitative estimate of drug-likeness (QED) is 0.889. The molecule has 0 aliphatic rings. The second-order valence-corrected chi connectivity index (χ2v) is 5.48. The highest BCUT2D eigenvalue weighted by Gasteiger charge is 2.13. The van der Waals surface area contributed by atoms with Crippen LogP contribution in [0.5, 0.6) is 0 Å². The number of hydrogen-bond acceptors (Lipinski definition) is 2. The summed E-state index contributed by atoms with van der Waals surface area (Å²) >= 11 is 0. The Bertz CT molecular complexity index is 528. The maximum atomic E-state index is 3.43. The van der Waals surface area contributed by atoms with Gasteiger partial charge in [-0.15, -0.1) is 0 Å². The van der Waals surface area contributed by atoms with E-state index in [4.69, 9.17) is 0 Å². The highest BCUT2D eigenvalue weighted by molar-refractivity contribution is 5.45. The number of benzene rings is 2. The number of para-hydroxylation sites is 1. The van der Waals surface area contributed by atoms with Gasteiger partial charge in [0.05, 0.1) is 0 Å². The summed E-state index contributed by atoms with van der Waals surface area (Å²) in [4.78, 5) is 2.29. The first kappa shape index (κ1) is 14.6. The molecular weight excluding hydrogens is 244 g/mol. The van der Waals surface area contributed by atoms with Crippen molar-refractivity contribution in [3.63, 3.8) is 0 Å². The van der Waals surface area contributed by atoms with Crippen molar-refractivity contribution in [3.8, 4) is 0 Å². The number of hydrogen-bond donors (Lipinski definition) is 1. The second-order valence-electron chi connectivity index (χ2n) is 5.48. The SMILES string of the molecule is CNC(CN(C)c1ccccc1)c1cc(C)cc(C)c1. The standard InChI is InChI=1S/C18H24N2/c1-14-10-15(2)12-16(11-14)18(19-3)13-20(4)17-8-6-5-7-9-17/h5-12,18-19H,13H2,1-4H3. The van der Waals surface area contributed by atoms with Gasteiger partial charge in [-0.3, -0.25) is 0 Å². The summed E-state index contributed by atoms with van der Waals surface area (Å²) in [5.74, 6) is 0. The maximum Gasteiger partial charge on any atom is 0.0495 e. The molecule has 2 aromatic carbocycles. The number of anilines is 1. The van der Waals surface area contributed by atoms with E-state index in [1.54, 1.807) is 0 Å². The zero-order valence-corrected chi connectivity index (χ0v) is 12.9. The molecule has 20 heavy (non-hydrogen) atoms. The Hall–Kier alpha value is -1.80. The molecule has 0 bridgehead atoms. The molecule has 1 N–H and O–H groups in total. The van der Waals surface area contributed by atoms with E-state index in [9.17, 15) is 0 Å². The molecule has 2 rings (SSSR count). The molecule has 0 aromatic heterocycles. The molecule has 0 saturated heterocycles. The summed E-state index contributed by atoms with van der Waals surface area (Å²) in [6, 6.07) is 17.6. The first-order valence-electron chi connectivity index (χ1n) is 7.12. The Balaban J connectivity index is 2.16. The smallest absolute Gasteiger partial charge is 0.0495 e. The lowest BCUT2D eigenvalue weighted by molar-refractivity contribution is 0.589. The third-order valence-electron chi connectivity index (χ3n) is 3.65. The highest BCUT2D eigenvalue weighted by atomic mass is 15.1. The molecule has 2 aromatic rings. The molecule has 0 radical (unpaired) electrons. The fraction of sp³-hybridized carbons (Fsp3) is 0.333. The fourth-order valence-corrected chi connectivity index (χ4v) is 2.64. The Labute approximate surface area is 122 Å². The molecule has 0 fully saturated rings. The van der Waals surface area contributed by atoms with Crippen molar-refractivity contribution in [2.24, 2.45) is 0 Å². The Kier molecular flexibility index (Phi) is 4.80. The van der Waals surface area contributed by atoms with Crippen LogP contribution in [0.1, 0.15) is 22.7 Å². The largest absolute Gasteiger partial charge is 0.373 e. The van der Waals surface area contributed by atoms with Gasteiger partial charge in [0, 0.05) is 25.3 Å². The van der Waals surface area contributed by atoms with Crippen LogP contribution in [0, 0.1) is 13.8 Å². The molecule has 0 heterocycles. The zero-order valence-electron chi connectivity index (χ0n) is 12.9. The summed E-state index contributed by atoms with van der Waals surface area (Å²) in [6.07, 6.45) is 0. The molecule has 106 valence electrons. The highest BCUT2D eigenvalue weighted by Crippen LogP contribution is 2.20. The van der Waals surface area contributed by atoms with Gasteiger partial charge >= 0.3 is 0 Å². The third-order valence-corrected chi connectivity index (χ3v) is 3.65. The van der Waals surface area contributed by atoms with Gasteiger partial charge in [0.25, 0.3) is 0 Å². The van der Waals surface area contributed by atoms with Gasteiger partial charge in [0.15, 0.2) is 0 Å². The van der Waals surface area contributed by atoms with Crippen molar-refractivity contribution < 1.29 is 0 Å². The van der Waals surface area contributed by atoms with E-state index < -0.39 is 0 Å². The molecule has 0 spiro atoms. The Morgan fingerprint density at radius 3 is 2.15 bits per heavy atom. The molecule has 0 aliphatic carbocycles. The van der Waals surface area contributed by atoms with Gasteiger partial charge in [-0.05, 0) is 38.6 Å². The molecule has 2 nitrogen and oxygen atoms in total. The lowest BCUT2D eigenvalue weighted by Crippen LogP contribution is -2.31. The van der Waals surface area contributed by atoms with Crippen LogP contribution in [0.25, 0.3) is 0 Å². The second kappa shape index (κ2) is 6.58. The van der Waals surface area contributed by atoms with E-state index in [0.29, 0.717) is 6.04 Å². The first-order chi connectivity index (χ1) is 9.60. The number of likely N-dealkylation sites (N-methyl/N-ethyl adjacent to an activating group) is 2. The molecular formula is C18H24N2. The van der Waals surface area contributed by atoms with Crippen LogP contribution in [0.15, 0.2) is 48.5 Å². The van der Waals surface area contributed by atoms with Crippen molar-refractivity contribution >= 4 is 5.69 Å². The third kappa shape index (κ3) is 3.61. The molecule has 1 atom stereocenters. The van der Waals surface area contributed by atoms with Crippen molar-refractivity contribution in [2.75, 3.05) is 25.5 Å². The molecule has 0 amide bonds. The minimum atomic E-state index is 0.332. The molecule has 0 aliphatic heterocycles. The Morgan fingerprint density at radius 1 is 1.00 bits per heavy atom. The van der Waals surface area contributed by atoms with E-state index >= 15 is 0 Å². The topological polar surface area (TPSA) is 15.3 Å². The van der Waals surface area contributed by atoms with Gasteiger partial charge < -0.3 is 10.2 Å². The molecule has 0 saturated carbocycles. The van der Waals surface area contributed by atoms with E-state index in [2.05, 4.69) is 79.6 Å². The van der Waals surface area contributed by atoms with Gasteiger partial charge in [-0.2, -0.15) is 0 Å². The number of aryl methyl sites for hydroxylation is 2. The Morgan fingerprint density at radius 2 is 1.60 bits per heavy atom. The van der Waals surface area contributed by atoms with Crippen molar-refractivity contribution in [1.82, 2.24) is 5.32 Å². The summed E-state index contributed by atoms with van der Waals surface area (Å²) < 4.78 is 0. The summed E-state index contributed by atoms with van der Waals surface area (Å²) in [5.41, 5.74) is 5.25. The molecule has 1 unspecified atom stereocenters. The lowest BCUT2D eigenvalue weighted by atomic mass is 10.0. The summed E-state index contributed by atoms with van der Waals surface area (Å²) in [5, 5.41) is 3.43. The normalized spacial score (nSPS) is 12.2. The van der Waals surface area contributed by atoms with Crippen molar-refractivity contribution in [2.45, 2.75) is 19.9 Å². The van der Waals surface area contributed by atoms with Crippen LogP contribution in [0.2, 0.25) is 0 Å². The molecule has 2 heteroatoms. The monoisotopic (exact) mass is 268 g/mol. The number of rotatable bonds is 5. The van der Waals surface area contributed by atoms with Crippen LogP contribution < -0.4 is 10.2 Å². The van der Waals surface area contributed by atoms with E-state index in [1.807, 2.05) is 7.05 Å². The fourth-order valence-electron chi connectivity index (χ4n) is 2.64. The first-order valence-corrected chi connectivity index (χ1v) is 7.12. The predicted octanol–water partition coefficient (Wildman–Crippen LogP) is 3.70. The maximum absolute atomic E-state index is 3.43. The van der Waals surface area contributed by atoms with Crippen LogP contribution in [-0.4, -0.2) is 20.6 Å². The summed E-state index contributed by atoms with van der Waals surface area (Å²) in [7, 11) is 4.17. The van der Waals surface area contributed by atoms with Gasteiger partial charge in [0.1, 0.15) is 0 Å². The van der Waals surface area contributed by atoms with Crippen LogP contribution >= 0.6 is 0 Å². The predicted molar refractivity (Wildman–Crippen MR) is 87.4 cm³/mol. The zero-order chi connectivity index (χ0) is 14.5. The summed E-state index contributed by atoms with van der Waals surface area (Å²) in [6.45, 7) is 5.26. The average Bonchev–Trinajstić information content (AvgIpc) is 2.44. The average molecular weight is 268 g/mol. The van der Waals surface area contributed by atoms with Crippen LogP contribution in [0.4, 0.5) is 5.69 Å². The lowest BCUT2D eigenvalue weighted by Gasteiger charge is -2.26. The van der Waals surface area contributed by atoms with Gasteiger partial charge in [0.2, 0.25) is 0 Å². The van der Waals surface area contributed by atoms with Crippen LogP contribution in [-0.2, 0) is 0 Å². The number of nitrogens with zero attached hydrogens (tertiary/aromatic N) is 1.